The van der Waals surface area contributed by atoms with Gasteiger partial charge in [-0.15, -0.1) is 11.3 Å². The third kappa shape index (κ3) is 2.82. The standard InChI is InChI=1S/C19H22N4S/c1-3-23(4-2)16-7-14(8-16)19-22-17-6-5-13(9-18(17)24-19)15-10-20-12-21-11-15/h5-6,9-12,14,16H,3-4,7-8H2,1-2H3. The second kappa shape index (κ2) is 6.57. The predicted octanol–water partition coefficient (Wildman–Crippen LogP) is 4.34. The minimum absolute atomic E-state index is 0.636. The second-order valence-corrected chi connectivity index (χ2v) is 7.47. The van der Waals surface area contributed by atoms with Gasteiger partial charge < -0.3 is 4.90 Å². The summed E-state index contributed by atoms with van der Waals surface area (Å²) >= 11 is 1.85. The first-order valence-electron chi connectivity index (χ1n) is 8.68. The molecule has 4 rings (SSSR count). The third-order valence-corrected chi connectivity index (χ3v) is 6.27. The summed E-state index contributed by atoms with van der Waals surface area (Å²) in [5, 5.41) is 1.30. The lowest BCUT2D eigenvalue weighted by Gasteiger charge is -2.41. The maximum absolute atomic E-state index is 4.88. The summed E-state index contributed by atoms with van der Waals surface area (Å²) in [5.74, 6) is 0.636. The van der Waals surface area contributed by atoms with E-state index in [0.717, 1.165) is 35.8 Å². The molecule has 0 spiro atoms. The summed E-state index contributed by atoms with van der Waals surface area (Å²) in [4.78, 5) is 15.7. The molecule has 1 fully saturated rings. The molecular weight excluding hydrogens is 316 g/mol. The molecule has 0 N–H and O–H groups in total. The van der Waals surface area contributed by atoms with Gasteiger partial charge in [0.2, 0.25) is 0 Å². The van der Waals surface area contributed by atoms with Crippen LogP contribution in [0.25, 0.3) is 21.3 Å². The Morgan fingerprint density at radius 3 is 2.54 bits per heavy atom. The van der Waals surface area contributed by atoms with E-state index in [4.69, 9.17) is 4.98 Å². The van der Waals surface area contributed by atoms with E-state index in [0.29, 0.717) is 5.92 Å². The number of hydrogen-bond acceptors (Lipinski definition) is 5. The SMILES string of the molecule is CCN(CC)C1CC(c2nc3ccc(-c4cncnc4)cc3s2)C1. The van der Waals surface area contributed by atoms with Crippen molar-refractivity contribution in [1.82, 2.24) is 19.9 Å². The molecular formula is C19H22N4S. The molecule has 0 saturated heterocycles. The summed E-state index contributed by atoms with van der Waals surface area (Å²) in [7, 11) is 0. The van der Waals surface area contributed by atoms with Crippen LogP contribution in [0.2, 0.25) is 0 Å². The van der Waals surface area contributed by atoms with Gasteiger partial charge in [-0.25, -0.2) is 15.0 Å². The Labute approximate surface area is 146 Å². The first kappa shape index (κ1) is 15.7. The fraction of sp³-hybridized carbons (Fsp3) is 0.421. The summed E-state index contributed by atoms with van der Waals surface area (Å²) in [6.45, 7) is 6.80. The molecule has 1 saturated carbocycles. The molecule has 1 aliphatic carbocycles. The molecule has 0 radical (unpaired) electrons. The van der Waals surface area contributed by atoms with Crippen LogP contribution in [0.3, 0.4) is 0 Å². The van der Waals surface area contributed by atoms with Crippen molar-refractivity contribution >= 4 is 21.6 Å². The lowest BCUT2D eigenvalue weighted by atomic mass is 9.79. The normalized spacial score (nSPS) is 20.5. The van der Waals surface area contributed by atoms with E-state index in [9.17, 15) is 0 Å². The smallest absolute Gasteiger partial charge is 0.115 e. The largest absolute Gasteiger partial charge is 0.301 e. The lowest BCUT2D eigenvalue weighted by molar-refractivity contribution is 0.120. The molecule has 0 bridgehead atoms. The summed E-state index contributed by atoms with van der Waals surface area (Å²) < 4.78 is 1.26. The molecule has 0 aliphatic heterocycles. The number of rotatable bonds is 5. The zero-order valence-electron chi connectivity index (χ0n) is 14.1. The van der Waals surface area contributed by atoms with E-state index < -0.39 is 0 Å². The van der Waals surface area contributed by atoms with Crippen molar-refractivity contribution in [3.63, 3.8) is 0 Å². The number of nitrogens with zero attached hydrogens (tertiary/aromatic N) is 4. The van der Waals surface area contributed by atoms with Crippen LogP contribution < -0.4 is 0 Å². The highest BCUT2D eigenvalue weighted by atomic mass is 32.1. The van der Waals surface area contributed by atoms with Gasteiger partial charge in [0.05, 0.1) is 15.2 Å². The molecule has 0 unspecified atom stereocenters. The Morgan fingerprint density at radius 1 is 1.08 bits per heavy atom. The highest BCUT2D eigenvalue weighted by Crippen LogP contribution is 2.42. The van der Waals surface area contributed by atoms with Crippen molar-refractivity contribution in [3.05, 3.63) is 41.9 Å². The number of fused-ring (bicyclic) bond motifs is 1. The van der Waals surface area contributed by atoms with Crippen molar-refractivity contribution in [3.8, 4) is 11.1 Å². The summed E-state index contributed by atoms with van der Waals surface area (Å²) in [6, 6.07) is 7.20. The van der Waals surface area contributed by atoms with Crippen LogP contribution in [0.1, 0.15) is 37.6 Å². The van der Waals surface area contributed by atoms with Gasteiger partial charge in [-0.1, -0.05) is 19.9 Å². The van der Waals surface area contributed by atoms with E-state index in [-0.39, 0.29) is 0 Å². The van der Waals surface area contributed by atoms with Crippen LogP contribution in [0.15, 0.2) is 36.9 Å². The molecule has 24 heavy (non-hydrogen) atoms. The maximum atomic E-state index is 4.88. The van der Waals surface area contributed by atoms with Crippen molar-refractivity contribution in [1.29, 1.82) is 0 Å². The topological polar surface area (TPSA) is 41.9 Å². The minimum Gasteiger partial charge on any atom is -0.301 e. The molecule has 5 heteroatoms. The van der Waals surface area contributed by atoms with Gasteiger partial charge in [0.1, 0.15) is 6.33 Å². The zero-order valence-corrected chi connectivity index (χ0v) is 15.0. The fourth-order valence-electron chi connectivity index (χ4n) is 3.57. The molecule has 2 aromatic heterocycles. The first-order valence-corrected chi connectivity index (χ1v) is 9.50. The molecule has 2 heterocycles. The van der Waals surface area contributed by atoms with Gasteiger partial charge in [0, 0.05) is 29.9 Å². The van der Waals surface area contributed by atoms with Crippen LogP contribution in [-0.4, -0.2) is 39.0 Å². The van der Waals surface area contributed by atoms with Gasteiger partial charge >= 0.3 is 0 Å². The fourth-order valence-corrected chi connectivity index (χ4v) is 4.70. The van der Waals surface area contributed by atoms with Gasteiger partial charge in [-0.05, 0) is 43.6 Å². The Kier molecular flexibility index (Phi) is 4.29. The van der Waals surface area contributed by atoms with Crippen LogP contribution >= 0.6 is 11.3 Å². The highest BCUT2D eigenvalue weighted by molar-refractivity contribution is 7.18. The molecule has 1 aromatic carbocycles. The van der Waals surface area contributed by atoms with Gasteiger partial charge in [0.15, 0.2) is 0 Å². The van der Waals surface area contributed by atoms with E-state index >= 15 is 0 Å². The third-order valence-electron chi connectivity index (χ3n) is 5.09. The van der Waals surface area contributed by atoms with Gasteiger partial charge in [0.25, 0.3) is 0 Å². The summed E-state index contributed by atoms with van der Waals surface area (Å²) in [6.07, 6.45) is 7.78. The van der Waals surface area contributed by atoms with Crippen molar-refractivity contribution < 1.29 is 0 Å². The van der Waals surface area contributed by atoms with Crippen molar-refractivity contribution in [2.24, 2.45) is 0 Å². The Balaban J connectivity index is 1.55. The maximum Gasteiger partial charge on any atom is 0.115 e. The van der Waals surface area contributed by atoms with Crippen LogP contribution in [0.5, 0.6) is 0 Å². The first-order chi connectivity index (χ1) is 11.8. The van der Waals surface area contributed by atoms with E-state index in [2.05, 4.69) is 46.9 Å². The predicted molar refractivity (Wildman–Crippen MR) is 99.3 cm³/mol. The average Bonchev–Trinajstić information content (AvgIpc) is 3.00. The number of aromatic nitrogens is 3. The number of hydrogen-bond donors (Lipinski definition) is 0. The average molecular weight is 338 g/mol. The monoisotopic (exact) mass is 338 g/mol. The molecule has 3 aromatic rings. The molecule has 4 nitrogen and oxygen atoms in total. The van der Waals surface area contributed by atoms with Crippen molar-refractivity contribution in [2.75, 3.05) is 13.1 Å². The molecule has 0 atom stereocenters. The van der Waals surface area contributed by atoms with Crippen LogP contribution in [-0.2, 0) is 0 Å². The lowest BCUT2D eigenvalue weighted by Crippen LogP contribution is -2.43. The van der Waals surface area contributed by atoms with E-state index in [1.165, 1.54) is 22.5 Å². The Hall–Kier alpha value is -1.85. The van der Waals surface area contributed by atoms with Crippen molar-refractivity contribution in [2.45, 2.75) is 38.6 Å². The van der Waals surface area contributed by atoms with Crippen LogP contribution in [0.4, 0.5) is 0 Å². The quantitative estimate of drug-likeness (QED) is 0.694. The van der Waals surface area contributed by atoms with Gasteiger partial charge in [-0.2, -0.15) is 0 Å². The number of benzene rings is 1. The second-order valence-electron chi connectivity index (χ2n) is 6.41. The highest BCUT2D eigenvalue weighted by Gasteiger charge is 2.35. The molecule has 0 amide bonds. The van der Waals surface area contributed by atoms with Gasteiger partial charge in [-0.3, -0.25) is 0 Å². The molecule has 1 aliphatic rings. The Morgan fingerprint density at radius 2 is 1.83 bits per heavy atom. The summed E-state index contributed by atoms with van der Waals surface area (Å²) in [5.41, 5.74) is 3.33. The molecule has 124 valence electrons. The Bertz CT molecular complexity index is 820. The van der Waals surface area contributed by atoms with Crippen LogP contribution in [0, 0.1) is 0 Å². The van der Waals surface area contributed by atoms with E-state index in [1.807, 2.05) is 23.7 Å². The zero-order chi connectivity index (χ0) is 16.5. The van der Waals surface area contributed by atoms with E-state index in [1.54, 1.807) is 6.33 Å². The minimum atomic E-state index is 0.636. The number of thiazole rings is 1.